The van der Waals surface area contributed by atoms with Crippen molar-refractivity contribution in [3.05, 3.63) is 63.8 Å². The van der Waals surface area contributed by atoms with Crippen molar-refractivity contribution in [1.82, 2.24) is 0 Å². The summed E-state index contributed by atoms with van der Waals surface area (Å²) < 4.78 is 0. The highest BCUT2D eigenvalue weighted by Crippen LogP contribution is 2.66. The van der Waals surface area contributed by atoms with Crippen molar-refractivity contribution in [3.8, 4) is 11.5 Å². The van der Waals surface area contributed by atoms with E-state index < -0.39 is 39.3 Å². The quantitative estimate of drug-likeness (QED) is 0.0718. The zero-order chi connectivity index (χ0) is 33.0. The molecule has 3 aliphatic carbocycles. The van der Waals surface area contributed by atoms with Gasteiger partial charge in [0.2, 0.25) is 0 Å². The number of phenols is 2. The van der Waals surface area contributed by atoms with Gasteiger partial charge in [-0.25, -0.2) is 0 Å². The number of hydrogen-bond acceptors (Lipinski definition) is 6. The highest BCUT2D eigenvalue weighted by atomic mass is 16.3. The van der Waals surface area contributed by atoms with Crippen LogP contribution in [0.15, 0.2) is 58.2 Å². The lowest BCUT2D eigenvalue weighted by atomic mass is 9.38. The minimum atomic E-state index is -1.57. The molecule has 3 atom stereocenters. The van der Waals surface area contributed by atoms with Crippen molar-refractivity contribution in [2.75, 3.05) is 0 Å². The molecule has 6 nitrogen and oxygen atoms in total. The van der Waals surface area contributed by atoms with Gasteiger partial charge in [-0.1, -0.05) is 62.1 Å². The Bertz CT molecular complexity index is 1520. The Morgan fingerprint density at radius 3 is 2.14 bits per heavy atom. The van der Waals surface area contributed by atoms with E-state index in [1.54, 1.807) is 0 Å². The number of aliphatic hydroxyl groups excluding tert-OH is 1. The van der Waals surface area contributed by atoms with Crippen LogP contribution in [0.2, 0.25) is 0 Å². The molecule has 3 N–H and O–H groups in total. The highest BCUT2D eigenvalue weighted by Gasteiger charge is 2.74. The van der Waals surface area contributed by atoms with Gasteiger partial charge in [-0.15, -0.1) is 0 Å². The van der Waals surface area contributed by atoms with Gasteiger partial charge in [0.25, 0.3) is 0 Å². The van der Waals surface area contributed by atoms with Gasteiger partial charge in [0, 0.05) is 5.56 Å². The second-order valence-corrected chi connectivity index (χ2v) is 15.4. The van der Waals surface area contributed by atoms with E-state index in [1.807, 2.05) is 47.6 Å². The van der Waals surface area contributed by atoms with Crippen LogP contribution in [-0.2, 0) is 14.4 Å². The Kier molecular flexibility index (Phi) is 8.75. The first-order chi connectivity index (χ1) is 20.3. The maximum Gasteiger partial charge on any atom is 0.184 e. The zero-order valence-electron chi connectivity index (χ0n) is 28.0. The lowest BCUT2D eigenvalue weighted by molar-refractivity contribution is -0.176. The number of rotatable bonds is 7. The Labute approximate surface area is 262 Å². The summed E-state index contributed by atoms with van der Waals surface area (Å²) >= 11 is 0. The molecule has 3 aliphatic rings. The molecular formula is C38H50O6. The van der Waals surface area contributed by atoms with E-state index in [-0.39, 0.29) is 53.3 Å². The standard InChI is InChI=1S/C38H50O6/c1-22(2)10-12-27-21-37(17-14-23(3)4)32(42)30(31(41)25-11-13-28(39)29(40)18-25)33(43)38(34(37)44,36(27,8)9)20-26-15-16-35(6,7)19-24(26)5/h10-11,13-14,18,27,39-41H,12,15-17,19-21H2,1-9H3/t27-,37+,38-/m0/s1. The van der Waals surface area contributed by atoms with E-state index in [1.165, 1.54) is 17.7 Å². The number of Topliss-reactive ketones (excluding diaryl/α,β-unsaturated/α-hetero) is 3. The highest BCUT2D eigenvalue weighted by molar-refractivity contribution is 6.41. The number of hydrogen-bond donors (Lipinski definition) is 3. The van der Waals surface area contributed by atoms with Crippen LogP contribution in [0, 0.1) is 27.6 Å². The van der Waals surface area contributed by atoms with Crippen molar-refractivity contribution in [1.29, 1.82) is 0 Å². The second kappa shape index (κ2) is 11.5. The molecule has 4 rings (SSSR count). The lowest BCUT2D eigenvalue weighted by Crippen LogP contribution is -2.69. The maximum absolute atomic E-state index is 15.2. The van der Waals surface area contributed by atoms with Gasteiger partial charge in [0.15, 0.2) is 28.8 Å². The summed E-state index contributed by atoms with van der Waals surface area (Å²) in [7, 11) is 0. The van der Waals surface area contributed by atoms with E-state index in [0.717, 1.165) is 42.0 Å². The predicted molar refractivity (Wildman–Crippen MR) is 174 cm³/mol. The summed E-state index contributed by atoms with van der Waals surface area (Å²) in [5.41, 5.74) is 0.201. The number of aromatic hydroxyl groups is 2. The molecule has 0 aromatic heterocycles. The van der Waals surface area contributed by atoms with Gasteiger partial charge in [-0.2, -0.15) is 0 Å². The van der Waals surface area contributed by atoms with Gasteiger partial charge < -0.3 is 15.3 Å². The van der Waals surface area contributed by atoms with Crippen LogP contribution in [-0.4, -0.2) is 32.7 Å². The smallest absolute Gasteiger partial charge is 0.184 e. The molecule has 2 bridgehead atoms. The van der Waals surface area contributed by atoms with E-state index in [4.69, 9.17) is 0 Å². The molecule has 44 heavy (non-hydrogen) atoms. The van der Waals surface area contributed by atoms with Crippen molar-refractivity contribution in [2.45, 2.75) is 107 Å². The molecule has 1 aromatic carbocycles. The minimum Gasteiger partial charge on any atom is -0.506 e. The van der Waals surface area contributed by atoms with Crippen molar-refractivity contribution >= 4 is 23.1 Å². The molecule has 1 aromatic rings. The van der Waals surface area contributed by atoms with E-state index in [9.17, 15) is 20.1 Å². The first-order valence-corrected chi connectivity index (χ1v) is 15.8. The lowest BCUT2D eigenvalue weighted by Gasteiger charge is -2.61. The SMILES string of the molecule is CC(C)=CC[C@H]1C[C@]2(CC=C(C)C)C(=O)C(=C(O)c3ccc(O)c(O)c3)C(=O)[C@@](CC3=C(C)CC(C)(C)CC3)(C2=O)C1(C)C. The minimum absolute atomic E-state index is 0.0330. The molecule has 6 heteroatoms. The normalized spacial score (nSPS) is 28.9. The average Bonchev–Trinajstić information content (AvgIpc) is 2.91. The monoisotopic (exact) mass is 602 g/mol. The third kappa shape index (κ3) is 5.39. The average molecular weight is 603 g/mol. The van der Waals surface area contributed by atoms with Crippen molar-refractivity contribution in [3.63, 3.8) is 0 Å². The Hall–Kier alpha value is -3.41. The van der Waals surface area contributed by atoms with Crippen LogP contribution < -0.4 is 0 Å². The third-order valence-corrected chi connectivity index (χ3v) is 10.9. The fourth-order valence-electron chi connectivity index (χ4n) is 7.98. The molecular weight excluding hydrogens is 552 g/mol. The van der Waals surface area contributed by atoms with Crippen LogP contribution in [0.3, 0.4) is 0 Å². The summed E-state index contributed by atoms with van der Waals surface area (Å²) in [6.07, 6.45) is 7.86. The van der Waals surface area contributed by atoms with Crippen molar-refractivity contribution in [2.24, 2.45) is 27.6 Å². The number of ketones is 3. The molecule has 0 amide bonds. The molecule has 0 saturated heterocycles. The first kappa shape index (κ1) is 33.5. The Morgan fingerprint density at radius 2 is 1.57 bits per heavy atom. The molecule has 0 spiro atoms. The van der Waals surface area contributed by atoms with Crippen LogP contribution in [0.1, 0.15) is 113 Å². The topological polar surface area (TPSA) is 112 Å². The number of allylic oxidation sites excluding steroid dienone is 7. The van der Waals surface area contributed by atoms with Gasteiger partial charge in [0.05, 0.1) is 5.41 Å². The van der Waals surface area contributed by atoms with Gasteiger partial charge >= 0.3 is 0 Å². The number of carbonyl (C=O) groups excluding carboxylic acids is 3. The Morgan fingerprint density at radius 1 is 0.932 bits per heavy atom. The zero-order valence-corrected chi connectivity index (χ0v) is 28.0. The van der Waals surface area contributed by atoms with Crippen LogP contribution in [0.25, 0.3) is 5.76 Å². The predicted octanol–water partition coefficient (Wildman–Crippen LogP) is 8.74. The van der Waals surface area contributed by atoms with E-state index >= 15 is 9.59 Å². The van der Waals surface area contributed by atoms with Crippen LogP contribution >= 0.6 is 0 Å². The fraction of sp³-hybridized carbons (Fsp3) is 0.553. The third-order valence-electron chi connectivity index (χ3n) is 10.9. The number of benzene rings is 1. The van der Waals surface area contributed by atoms with Crippen LogP contribution in [0.5, 0.6) is 11.5 Å². The van der Waals surface area contributed by atoms with Gasteiger partial charge in [0.1, 0.15) is 16.7 Å². The summed E-state index contributed by atoms with van der Waals surface area (Å²) in [5.74, 6) is -3.20. The largest absolute Gasteiger partial charge is 0.506 e. The summed E-state index contributed by atoms with van der Waals surface area (Å²) in [4.78, 5) is 45.0. The number of phenolic OH excluding ortho intramolecular Hbond substituents is 2. The molecule has 2 fully saturated rings. The van der Waals surface area contributed by atoms with E-state index in [2.05, 4.69) is 26.8 Å². The first-order valence-electron chi connectivity index (χ1n) is 15.8. The summed E-state index contributed by atoms with van der Waals surface area (Å²) in [6, 6.07) is 3.70. The van der Waals surface area contributed by atoms with Gasteiger partial charge in [-0.05, 0) is 115 Å². The molecule has 0 unspecified atom stereocenters. The molecule has 0 aliphatic heterocycles. The summed E-state index contributed by atoms with van der Waals surface area (Å²) in [5, 5.41) is 31.8. The fourth-order valence-corrected chi connectivity index (χ4v) is 7.98. The second-order valence-electron chi connectivity index (χ2n) is 15.4. The summed E-state index contributed by atoms with van der Waals surface area (Å²) in [6.45, 7) is 18.4. The molecule has 0 radical (unpaired) electrons. The molecule has 0 heterocycles. The van der Waals surface area contributed by atoms with Gasteiger partial charge in [-0.3, -0.25) is 14.4 Å². The van der Waals surface area contributed by atoms with Crippen molar-refractivity contribution < 1.29 is 29.7 Å². The number of fused-ring (bicyclic) bond motifs is 2. The Balaban J connectivity index is 2.08. The number of carbonyl (C=O) groups is 3. The molecule has 238 valence electrons. The van der Waals surface area contributed by atoms with E-state index in [0.29, 0.717) is 6.42 Å². The molecule has 2 saturated carbocycles. The maximum atomic E-state index is 15.2. The number of aliphatic hydroxyl groups is 1. The van der Waals surface area contributed by atoms with Crippen LogP contribution in [0.4, 0.5) is 0 Å².